The number of carbonyl (C=O) groups excluding carboxylic acids is 1. The van der Waals surface area contributed by atoms with Crippen molar-refractivity contribution in [3.05, 3.63) is 34.9 Å². The van der Waals surface area contributed by atoms with E-state index >= 15 is 0 Å². The number of halogens is 1. The van der Waals surface area contributed by atoms with Gasteiger partial charge < -0.3 is 9.64 Å². The SMILES string of the molecule is O=C1CN(Cc2ccc(Cl)cc2)CCN1C[C@@H]1CO1. The Labute approximate surface area is 117 Å². The third kappa shape index (κ3) is 3.47. The van der Waals surface area contributed by atoms with Crippen LogP contribution in [0.4, 0.5) is 0 Å². The fraction of sp³-hybridized carbons (Fsp3) is 0.500. The maximum absolute atomic E-state index is 12.0. The minimum absolute atomic E-state index is 0.204. The molecule has 0 radical (unpaired) electrons. The minimum atomic E-state index is 0.204. The van der Waals surface area contributed by atoms with Crippen LogP contribution in [0.3, 0.4) is 0 Å². The van der Waals surface area contributed by atoms with E-state index in [9.17, 15) is 4.79 Å². The Bertz CT molecular complexity index is 459. The Hall–Kier alpha value is -1.10. The van der Waals surface area contributed by atoms with Gasteiger partial charge in [0.2, 0.25) is 5.91 Å². The Balaban J connectivity index is 1.53. The zero-order valence-electron chi connectivity index (χ0n) is 10.7. The van der Waals surface area contributed by atoms with Gasteiger partial charge in [-0.2, -0.15) is 0 Å². The van der Waals surface area contributed by atoms with E-state index < -0.39 is 0 Å². The Morgan fingerprint density at radius 2 is 2.00 bits per heavy atom. The molecule has 0 saturated carbocycles. The van der Waals surface area contributed by atoms with Crippen molar-refractivity contribution in [1.29, 1.82) is 0 Å². The molecular formula is C14H17ClN2O2. The fourth-order valence-electron chi connectivity index (χ4n) is 2.35. The van der Waals surface area contributed by atoms with E-state index in [1.165, 1.54) is 5.56 Å². The van der Waals surface area contributed by atoms with Crippen LogP contribution in [0.2, 0.25) is 5.02 Å². The molecule has 0 spiro atoms. The predicted octanol–water partition coefficient (Wildman–Crippen LogP) is 1.38. The number of hydrogen-bond acceptors (Lipinski definition) is 3. The van der Waals surface area contributed by atoms with Gasteiger partial charge in [0.15, 0.2) is 0 Å². The number of piperazine rings is 1. The van der Waals surface area contributed by atoms with Crippen LogP contribution in [-0.4, -0.2) is 54.6 Å². The van der Waals surface area contributed by atoms with Gasteiger partial charge >= 0.3 is 0 Å². The monoisotopic (exact) mass is 280 g/mol. The molecule has 1 aromatic carbocycles. The third-order valence-electron chi connectivity index (χ3n) is 3.54. The van der Waals surface area contributed by atoms with Crippen molar-refractivity contribution in [2.45, 2.75) is 12.6 Å². The number of benzene rings is 1. The number of nitrogens with zero attached hydrogens (tertiary/aromatic N) is 2. The first-order valence-corrected chi connectivity index (χ1v) is 6.95. The van der Waals surface area contributed by atoms with Crippen LogP contribution >= 0.6 is 11.6 Å². The number of rotatable bonds is 4. The Morgan fingerprint density at radius 3 is 2.63 bits per heavy atom. The molecule has 2 heterocycles. The molecule has 2 aliphatic rings. The lowest BCUT2D eigenvalue weighted by Crippen LogP contribution is -2.50. The van der Waals surface area contributed by atoms with Gasteiger partial charge in [-0.05, 0) is 17.7 Å². The first kappa shape index (κ1) is 12.9. The van der Waals surface area contributed by atoms with Gasteiger partial charge in [0.25, 0.3) is 0 Å². The van der Waals surface area contributed by atoms with Gasteiger partial charge in [0.1, 0.15) is 0 Å². The molecule has 1 atom stereocenters. The summed E-state index contributed by atoms with van der Waals surface area (Å²) in [6, 6.07) is 7.80. The molecule has 0 aromatic heterocycles. The van der Waals surface area contributed by atoms with Crippen LogP contribution in [0, 0.1) is 0 Å². The lowest BCUT2D eigenvalue weighted by Gasteiger charge is -2.34. The summed E-state index contributed by atoms with van der Waals surface area (Å²) in [5.41, 5.74) is 1.19. The quantitative estimate of drug-likeness (QED) is 0.782. The van der Waals surface area contributed by atoms with Crippen LogP contribution in [0.5, 0.6) is 0 Å². The van der Waals surface area contributed by atoms with Gasteiger partial charge in [-0.1, -0.05) is 23.7 Å². The van der Waals surface area contributed by atoms with Crippen molar-refractivity contribution >= 4 is 17.5 Å². The maximum atomic E-state index is 12.0. The second kappa shape index (κ2) is 5.49. The van der Waals surface area contributed by atoms with Gasteiger partial charge in [-0.25, -0.2) is 0 Å². The highest BCUT2D eigenvalue weighted by Crippen LogP contribution is 2.16. The second-order valence-corrected chi connectivity index (χ2v) is 5.57. The van der Waals surface area contributed by atoms with Crippen molar-refractivity contribution in [3.63, 3.8) is 0 Å². The van der Waals surface area contributed by atoms with E-state index in [4.69, 9.17) is 16.3 Å². The molecule has 19 heavy (non-hydrogen) atoms. The van der Waals surface area contributed by atoms with Crippen LogP contribution in [0.25, 0.3) is 0 Å². The molecule has 0 N–H and O–H groups in total. The van der Waals surface area contributed by atoms with E-state index in [0.717, 1.165) is 37.8 Å². The molecule has 0 unspecified atom stereocenters. The average Bonchev–Trinajstić information content (AvgIpc) is 3.20. The molecule has 2 aliphatic heterocycles. The van der Waals surface area contributed by atoms with Gasteiger partial charge in [-0.3, -0.25) is 9.69 Å². The summed E-state index contributed by atoms with van der Waals surface area (Å²) >= 11 is 5.86. The predicted molar refractivity (Wildman–Crippen MR) is 73.0 cm³/mol. The summed E-state index contributed by atoms with van der Waals surface area (Å²) in [6.45, 7) is 4.57. The molecular weight excluding hydrogens is 264 g/mol. The molecule has 102 valence electrons. The van der Waals surface area contributed by atoms with Crippen molar-refractivity contribution in [1.82, 2.24) is 9.80 Å². The number of hydrogen-bond donors (Lipinski definition) is 0. The molecule has 2 saturated heterocycles. The first-order valence-electron chi connectivity index (χ1n) is 6.57. The summed E-state index contributed by atoms with van der Waals surface area (Å²) in [7, 11) is 0. The largest absolute Gasteiger partial charge is 0.371 e. The molecule has 1 aromatic rings. The molecule has 0 aliphatic carbocycles. The number of ether oxygens (including phenoxy) is 1. The summed E-state index contributed by atoms with van der Waals surface area (Å²) < 4.78 is 5.17. The van der Waals surface area contributed by atoms with Gasteiger partial charge in [0, 0.05) is 31.2 Å². The second-order valence-electron chi connectivity index (χ2n) is 5.13. The van der Waals surface area contributed by atoms with Crippen LogP contribution in [-0.2, 0) is 16.1 Å². The highest BCUT2D eigenvalue weighted by Gasteiger charge is 2.30. The van der Waals surface area contributed by atoms with Crippen molar-refractivity contribution in [2.24, 2.45) is 0 Å². The molecule has 2 fully saturated rings. The normalized spacial score (nSPS) is 23.7. The van der Waals surface area contributed by atoms with Crippen molar-refractivity contribution in [3.8, 4) is 0 Å². The lowest BCUT2D eigenvalue weighted by molar-refractivity contribution is -0.136. The molecule has 0 bridgehead atoms. The van der Waals surface area contributed by atoms with Crippen LogP contribution in [0.15, 0.2) is 24.3 Å². The summed E-state index contributed by atoms with van der Waals surface area (Å²) in [6.07, 6.45) is 0.284. The number of epoxide rings is 1. The zero-order chi connectivity index (χ0) is 13.2. The topological polar surface area (TPSA) is 36.1 Å². The first-order chi connectivity index (χ1) is 9.20. The lowest BCUT2D eigenvalue weighted by atomic mass is 10.2. The Morgan fingerprint density at radius 1 is 1.26 bits per heavy atom. The molecule has 5 heteroatoms. The van der Waals surface area contributed by atoms with E-state index in [-0.39, 0.29) is 12.0 Å². The average molecular weight is 281 g/mol. The highest BCUT2D eigenvalue weighted by molar-refractivity contribution is 6.30. The van der Waals surface area contributed by atoms with Crippen LogP contribution in [0.1, 0.15) is 5.56 Å². The fourth-order valence-corrected chi connectivity index (χ4v) is 2.48. The zero-order valence-corrected chi connectivity index (χ0v) is 11.5. The van der Waals surface area contributed by atoms with Crippen molar-refractivity contribution < 1.29 is 9.53 Å². The van der Waals surface area contributed by atoms with E-state index in [1.54, 1.807) is 0 Å². The number of carbonyl (C=O) groups is 1. The molecule has 1 amide bonds. The van der Waals surface area contributed by atoms with Crippen molar-refractivity contribution in [2.75, 3.05) is 32.8 Å². The smallest absolute Gasteiger partial charge is 0.236 e. The number of amides is 1. The van der Waals surface area contributed by atoms with E-state index in [1.807, 2.05) is 29.2 Å². The summed E-state index contributed by atoms with van der Waals surface area (Å²) in [5, 5.41) is 0.745. The minimum Gasteiger partial charge on any atom is -0.371 e. The Kier molecular flexibility index (Phi) is 3.73. The van der Waals surface area contributed by atoms with E-state index in [2.05, 4.69) is 4.90 Å². The van der Waals surface area contributed by atoms with Gasteiger partial charge in [0.05, 0.1) is 19.3 Å². The van der Waals surface area contributed by atoms with Gasteiger partial charge in [-0.15, -0.1) is 0 Å². The van der Waals surface area contributed by atoms with Crippen LogP contribution < -0.4 is 0 Å². The molecule has 3 rings (SSSR count). The summed E-state index contributed by atoms with van der Waals surface area (Å²) in [5.74, 6) is 0.204. The molecule has 4 nitrogen and oxygen atoms in total. The maximum Gasteiger partial charge on any atom is 0.236 e. The summed E-state index contributed by atoms with van der Waals surface area (Å²) in [4.78, 5) is 16.1. The highest BCUT2D eigenvalue weighted by atomic mass is 35.5. The third-order valence-corrected chi connectivity index (χ3v) is 3.80. The standard InChI is InChI=1S/C14H17ClN2O2/c15-12-3-1-11(2-4-12)7-16-5-6-17(14(18)9-16)8-13-10-19-13/h1-4,13H,5-10H2/t13-/m1/s1. The van der Waals surface area contributed by atoms with E-state index in [0.29, 0.717) is 6.54 Å².